The molecule has 8 heteroatoms. The van der Waals surface area contributed by atoms with Crippen molar-refractivity contribution in [2.45, 2.75) is 82.7 Å². The third kappa shape index (κ3) is 11.0. The van der Waals surface area contributed by atoms with E-state index in [0.717, 1.165) is 68.8 Å². The number of aryl methyl sites for hydroxylation is 1. The van der Waals surface area contributed by atoms with Gasteiger partial charge in [-0.15, -0.1) is 24.8 Å². The number of rotatable bonds is 18. The van der Waals surface area contributed by atoms with Crippen LogP contribution in [0.25, 0.3) is 0 Å². The molecule has 276 valence electrons. The van der Waals surface area contributed by atoms with Gasteiger partial charge < -0.3 is 14.8 Å². The van der Waals surface area contributed by atoms with Crippen molar-refractivity contribution in [3.63, 3.8) is 0 Å². The Hall–Kier alpha value is -3.42. The Labute approximate surface area is 317 Å². The van der Waals surface area contributed by atoms with Gasteiger partial charge in [0.1, 0.15) is 11.6 Å². The van der Waals surface area contributed by atoms with Crippen molar-refractivity contribution >= 4 is 30.6 Å². The Bertz CT molecular complexity index is 1580. The van der Waals surface area contributed by atoms with E-state index in [-0.39, 0.29) is 47.9 Å². The first-order valence-electron chi connectivity index (χ1n) is 17.9. The fraction of sp³-hybridized carbons (Fsp3) is 0.419. The second kappa shape index (κ2) is 20.6. The molecule has 0 radical (unpaired) electrons. The number of ether oxygens (including phenoxy) is 2. The fourth-order valence-corrected chi connectivity index (χ4v) is 7.55. The molecule has 0 saturated heterocycles. The molecule has 0 fully saturated rings. The van der Waals surface area contributed by atoms with Crippen molar-refractivity contribution in [1.29, 1.82) is 0 Å². The molecule has 0 amide bonds. The second-order valence-corrected chi connectivity index (χ2v) is 13.7. The van der Waals surface area contributed by atoms with Crippen molar-refractivity contribution in [2.24, 2.45) is 0 Å². The van der Waals surface area contributed by atoms with Crippen molar-refractivity contribution in [3.8, 4) is 11.5 Å². The summed E-state index contributed by atoms with van der Waals surface area (Å²) in [5.41, 5.74) is 6.04. The average molecular weight is 738 g/mol. The van der Waals surface area contributed by atoms with Crippen LogP contribution in [0.5, 0.6) is 11.5 Å². The van der Waals surface area contributed by atoms with E-state index in [1.807, 2.05) is 0 Å². The quantitative estimate of drug-likeness (QED) is 0.110. The smallest absolute Gasteiger partial charge is 0.161 e. The Morgan fingerprint density at radius 1 is 0.843 bits per heavy atom. The third-order valence-corrected chi connectivity index (χ3v) is 10.2. The highest BCUT2D eigenvalue weighted by molar-refractivity contribution is 5.85. The summed E-state index contributed by atoms with van der Waals surface area (Å²) in [4.78, 5) is 15.7. The van der Waals surface area contributed by atoms with Crippen LogP contribution in [0.2, 0.25) is 0 Å². The molecule has 1 aliphatic heterocycles. The zero-order valence-electron chi connectivity index (χ0n) is 30.5. The number of halogens is 3. The van der Waals surface area contributed by atoms with Crippen LogP contribution in [0.3, 0.4) is 0 Å². The number of hydrogen-bond donors (Lipinski definition) is 1. The minimum atomic E-state index is -0.248. The largest absolute Gasteiger partial charge is 0.493 e. The van der Waals surface area contributed by atoms with E-state index in [1.54, 1.807) is 26.4 Å². The lowest BCUT2D eigenvalue weighted by atomic mass is 9.68. The van der Waals surface area contributed by atoms with Gasteiger partial charge in [-0.25, -0.2) is 4.39 Å². The number of carbonyl (C=O) groups excluding carboxylic acids is 1. The molecule has 1 N–H and O–H groups in total. The maximum Gasteiger partial charge on any atom is 0.161 e. The topological polar surface area (TPSA) is 50.8 Å². The predicted molar refractivity (Wildman–Crippen MR) is 212 cm³/mol. The van der Waals surface area contributed by atoms with Gasteiger partial charge in [-0.1, -0.05) is 86.6 Å². The summed E-state index contributed by atoms with van der Waals surface area (Å²) in [6.07, 6.45) is 6.33. The van der Waals surface area contributed by atoms with Gasteiger partial charge in [-0.3, -0.25) is 9.69 Å². The van der Waals surface area contributed by atoms with Gasteiger partial charge in [0.25, 0.3) is 0 Å². The zero-order valence-corrected chi connectivity index (χ0v) is 32.2. The third-order valence-electron chi connectivity index (χ3n) is 10.2. The minimum Gasteiger partial charge on any atom is -0.493 e. The van der Waals surface area contributed by atoms with E-state index in [1.165, 1.54) is 34.4 Å². The van der Waals surface area contributed by atoms with Crippen LogP contribution in [-0.4, -0.2) is 50.6 Å². The Kier molecular flexibility index (Phi) is 16.9. The number of nitrogens with zero attached hydrogens (tertiary/aromatic N) is 1. The SMILES string of the molecule is COc1cc2c(cc1OC)C(CNC(C)C)N(CCCC(CCCC(=O)CCc1ccc(F)cc1)(c1ccccc1)c1ccccc1)CC2.Cl.Cl. The van der Waals surface area contributed by atoms with Crippen molar-refractivity contribution < 1.29 is 18.7 Å². The van der Waals surface area contributed by atoms with Crippen LogP contribution in [0.1, 0.15) is 86.2 Å². The molecule has 1 aliphatic rings. The minimum absolute atomic E-state index is 0. The predicted octanol–water partition coefficient (Wildman–Crippen LogP) is 9.72. The molecule has 5 rings (SSSR count). The van der Waals surface area contributed by atoms with Gasteiger partial charge in [-0.2, -0.15) is 0 Å². The Morgan fingerprint density at radius 3 is 2.02 bits per heavy atom. The maximum atomic E-state index is 13.4. The molecule has 1 unspecified atom stereocenters. The molecule has 4 aromatic carbocycles. The van der Waals surface area contributed by atoms with E-state index >= 15 is 0 Å². The van der Waals surface area contributed by atoms with E-state index < -0.39 is 0 Å². The second-order valence-electron chi connectivity index (χ2n) is 13.7. The summed E-state index contributed by atoms with van der Waals surface area (Å²) in [5.74, 6) is 1.58. The van der Waals surface area contributed by atoms with Crippen LogP contribution in [-0.2, 0) is 23.1 Å². The van der Waals surface area contributed by atoms with E-state index in [0.29, 0.717) is 25.3 Å². The fourth-order valence-electron chi connectivity index (χ4n) is 7.55. The standard InChI is InChI=1S/C43H53FN2O3.2ClH/c1-32(2)45-31-40-39-30-42(49-4)41(48-3)29-34(39)24-28-46(40)27-12-26-43(35-13-7-5-8-14-35,36-15-9-6-10-16-36)25-11-17-38(47)23-20-33-18-21-37(44)22-19-33;;/h5-10,13-16,18-19,21-22,29-30,32,40,45H,11-12,17,20,23-28,31H2,1-4H3;2*1H. The Balaban J connectivity index is 0.00000351. The number of Topliss-reactive ketones (excluding diaryl/α,β-unsaturated/α-hetero) is 1. The van der Waals surface area contributed by atoms with Crippen LogP contribution in [0.4, 0.5) is 4.39 Å². The Morgan fingerprint density at radius 2 is 1.43 bits per heavy atom. The first kappa shape index (κ1) is 42.0. The molecule has 1 heterocycles. The molecule has 0 bridgehead atoms. The molecule has 0 aromatic heterocycles. The summed E-state index contributed by atoms with van der Waals surface area (Å²) in [5, 5.41) is 3.71. The number of nitrogens with one attached hydrogen (secondary N) is 1. The highest BCUT2D eigenvalue weighted by atomic mass is 35.5. The van der Waals surface area contributed by atoms with Crippen molar-refractivity contribution in [2.75, 3.05) is 33.9 Å². The number of methoxy groups -OCH3 is 2. The van der Waals surface area contributed by atoms with Crippen molar-refractivity contribution in [3.05, 3.63) is 131 Å². The van der Waals surface area contributed by atoms with Gasteiger partial charge in [0.05, 0.1) is 14.2 Å². The molecular weight excluding hydrogens is 682 g/mol. The highest BCUT2D eigenvalue weighted by Crippen LogP contribution is 2.43. The average Bonchev–Trinajstić information content (AvgIpc) is 3.13. The summed E-state index contributed by atoms with van der Waals surface area (Å²) in [6, 6.07) is 33.2. The summed E-state index contributed by atoms with van der Waals surface area (Å²) in [7, 11) is 3.41. The van der Waals surface area contributed by atoms with Crippen LogP contribution in [0.15, 0.2) is 97.1 Å². The van der Waals surface area contributed by atoms with Gasteiger partial charge in [0.2, 0.25) is 0 Å². The van der Waals surface area contributed by atoms with Gasteiger partial charge >= 0.3 is 0 Å². The first-order valence-corrected chi connectivity index (χ1v) is 17.9. The molecule has 1 atom stereocenters. The lowest BCUT2D eigenvalue weighted by Gasteiger charge is -2.40. The molecule has 0 saturated carbocycles. The van der Waals surface area contributed by atoms with E-state index in [2.05, 4.69) is 96.9 Å². The van der Waals surface area contributed by atoms with Crippen LogP contribution < -0.4 is 14.8 Å². The molecular formula is C43H55Cl2FN2O3. The van der Waals surface area contributed by atoms with Gasteiger partial charge in [-0.05, 0) is 97.2 Å². The summed E-state index contributed by atoms with van der Waals surface area (Å²) < 4.78 is 24.7. The number of benzene rings is 4. The summed E-state index contributed by atoms with van der Waals surface area (Å²) >= 11 is 0. The van der Waals surface area contributed by atoms with Gasteiger partial charge in [0.15, 0.2) is 11.5 Å². The van der Waals surface area contributed by atoms with Crippen LogP contribution in [0, 0.1) is 5.82 Å². The summed E-state index contributed by atoms with van der Waals surface area (Å²) in [6.45, 7) is 7.21. The van der Waals surface area contributed by atoms with Gasteiger partial charge in [0, 0.05) is 43.4 Å². The first-order chi connectivity index (χ1) is 23.8. The van der Waals surface area contributed by atoms with Crippen molar-refractivity contribution in [1.82, 2.24) is 10.2 Å². The van der Waals surface area contributed by atoms with E-state index in [4.69, 9.17) is 9.47 Å². The maximum absolute atomic E-state index is 13.4. The number of carbonyl (C=O) groups is 1. The highest BCUT2D eigenvalue weighted by Gasteiger charge is 2.35. The number of ketones is 1. The molecule has 51 heavy (non-hydrogen) atoms. The normalized spacial score (nSPS) is 14.3. The lowest BCUT2D eigenvalue weighted by Crippen LogP contribution is -2.43. The monoisotopic (exact) mass is 736 g/mol. The molecule has 0 aliphatic carbocycles. The number of hydrogen-bond acceptors (Lipinski definition) is 5. The van der Waals surface area contributed by atoms with E-state index in [9.17, 15) is 9.18 Å². The molecule has 5 nitrogen and oxygen atoms in total. The van der Waals surface area contributed by atoms with Crippen LogP contribution >= 0.6 is 24.8 Å². The molecule has 0 spiro atoms. The molecule has 4 aromatic rings. The number of fused-ring (bicyclic) bond motifs is 1. The lowest BCUT2D eigenvalue weighted by molar-refractivity contribution is -0.119. The zero-order chi connectivity index (χ0) is 34.6.